The maximum Gasteiger partial charge on any atom is 0.292 e. The van der Waals surface area contributed by atoms with Crippen molar-refractivity contribution in [2.75, 3.05) is 19.6 Å². The van der Waals surface area contributed by atoms with Crippen molar-refractivity contribution < 1.29 is 18.9 Å². The van der Waals surface area contributed by atoms with Crippen LogP contribution in [0.2, 0.25) is 0 Å². The Hall–Kier alpha value is -6.55. The number of imide groups is 1. The Morgan fingerprint density at radius 3 is 2.55 bits per heavy atom. The van der Waals surface area contributed by atoms with E-state index >= 15 is 0 Å². The van der Waals surface area contributed by atoms with E-state index in [2.05, 4.69) is 72.3 Å². The van der Waals surface area contributed by atoms with Gasteiger partial charge >= 0.3 is 0 Å². The van der Waals surface area contributed by atoms with E-state index in [0.717, 1.165) is 94.6 Å². The molecule has 16 heteroatoms. The number of hydrogen-bond acceptors (Lipinski definition) is 11. The fourth-order valence-electron chi connectivity index (χ4n) is 8.36. The van der Waals surface area contributed by atoms with Crippen LogP contribution in [0.1, 0.15) is 97.2 Å². The van der Waals surface area contributed by atoms with Gasteiger partial charge in [-0.2, -0.15) is 20.3 Å². The van der Waals surface area contributed by atoms with Crippen LogP contribution in [-0.4, -0.2) is 86.6 Å². The maximum absolute atomic E-state index is 12.7. The number of hydrogen-bond donors (Lipinski definition) is 2. The van der Waals surface area contributed by atoms with Gasteiger partial charge in [0.25, 0.3) is 11.7 Å². The van der Waals surface area contributed by atoms with Gasteiger partial charge in [-0.15, -0.1) is 0 Å². The highest BCUT2D eigenvalue weighted by Gasteiger charge is 2.32. The minimum Gasteiger partial charge on any atom is -0.345 e. The van der Waals surface area contributed by atoms with Gasteiger partial charge in [0.2, 0.25) is 17.7 Å². The molecular weight excluding hydrogens is 761 g/mol. The molecule has 0 radical (unpaired) electrons. The van der Waals surface area contributed by atoms with Gasteiger partial charge < -0.3 is 14.7 Å². The topological polar surface area (TPSA) is 183 Å². The van der Waals surface area contributed by atoms with Crippen LogP contribution >= 0.6 is 0 Å². The van der Waals surface area contributed by atoms with Crippen LogP contribution in [0.4, 0.5) is 0 Å². The molecule has 5 aromatic heterocycles. The summed E-state index contributed by atoms with van der Waals surface area (Å²) in [6.45, 7) is 11.9. The van der Waals surface area contributed by atoms with Crippen LogP contribution in [0.15, 0.2) is 71.9 Å². The van der Waals surface area contributed by atoms with Gasteiger partial charge in [-0.25, -0.2) is 9.50 Å². The third kappa shape index (κ3) is 7.70. The first-order chi connectivity index (χ1) is 28.9. The number of piperidine rings is 2. The molecular formula is C44H48N12O4. The van der Waals surface area contributed by atoms with Gasteiger partial charge in [-0.1, -0.05) is 50.2 Å². The fourth-order valence-corrected chi connectivity index (χ4v) is 8.36. The van der Waals surface area contributed by atoms with E-state index in [4.69, 9.17) is 14.7 Å². The van der Waals surface area contributed by atoms with Crippen LogP contribution in [0, 0.1) is 6.92 Å². The summed E-state index contributed by atoms with van der Waals surface area (Å²) in [4.78, 5) is 48.4. The first kappa shape index (κ1) is 38.9. The molecule has 9 rings (SSSR count). The van der Waals surface area contributed by atoms with E-state index in [9.17, 15) is 14.4 Å². The largest absolute Gasteiger partial charge is 0.345 e. The Kier molecular flexibility index (Phi) is 10.1. The third-order valence-electron chi connectivity index (χ3n) is 11.9. The number of carbonyl (C=O) groups excluding carboxylic acids is 3. The number of benzene rings is 2. The quantitative estimate of drug-likeness (QED) is 0.167. The minimum absolute atomic E-state index is 0.0198. The molecule has 60 heavy (non-hydrogen) atoms. The third-order valence-corrected chi connectivity index (χ3v) is 11.9. The smallest absolute Gasteiger partial charge is 0.292 e. The van der Waals surface area contributed by atoms with E-state index in [1.54, 1.807) is 6.33 Å². The second kappa shape index (κ2) is 15.6. The van der Waals surface area contributed by atoms with E-state index in [0.29, 0.717) is 31.2 Å². The molecule has 2 aromatic carbocycles. The van der Waals surface area contributed by atoms with Crippen LogP contribution in [0.25, 0.3) is 38.8 Å². The summed E-state index contributed by atoms with van der Waals surface area (Å²) in [5.74, 6) is -0.377. The molecule has 16 nitrogen and oxygen atoms in total. The Morgan fingerprint density at radius 1 is 0.950 bits per heavy atom. The number of nitrogens with one attached hydrogen (secondary N) is 2. The molecule has 0 aliphatic carbocycles. The number of nitrogens with zero attached hydrogens (tertiary/aromatic N) is 10. The molecule has 308 valence electrons. The lowest BCUT2D eigenvalue weighted by atomic mass is 9.88. The molecule has 3 amide bonds. The Morgan fingerprint density at radius 2 is 1.78 bits per heavy atom. The molecule has 2 N–H and O–H groups in total. The van der Waals surface area contributed by atoms with E-state index in [1.807, 2.05) is 73.1 Å². The van der Waals surface area contributed by atoms with Crippen LogP contribution < -0.4 is 10.6 Å². The number of likely N-dealkylation sites (tertiary alicyclic amines) is 1. The standard InChI is InChI=1S/C44H48N12O4/c1-26-18-29(6-7-30(26)21-45-42(59)40-50-43(60-52-40)44(2,3)4)38-36-20-31(24-56(36)48-25-46-38)32-22-47-55(23-32)17-16-54-14-12-27(13-15-54)28-8-9-33-35(19-28)53(5)51-39(33)34-10-11-37(57)49-41(34)58/h6-9,18-20,22-25,27,34H,10-17,21H2,1-5H3,(H,45,59)(H,49,57,58). The normalized spacial score (nSPS) is 16.9. The number of fused-ring (bicyclic) bond motifs is 2. The number of aromatic nitrogens is 9. The van der Waals surface area contributed by atoms with Gasteiger partial charge in [-0.05, 0) is 80.1 Å². The molecule has 7 heterocycles. The van der Waals surface area contributed by atoms with Crippen LogP contribution in [-0.2, 0) is 35.1 Å². The molecule has 1 unspecified atom stereocenters. The predicted molar refractivity (Wildman–Crippen MR) is 223 cm³/mol. The summed E-state index contributed by atoms with van der Waals surface area (Å²) < 4.78 is 11.0. The summed E-state index contributed by atoms with van der Waals surface area (Å²) in [6.07, 6.45) is 10.5. The first-order valence-electron chi connectivity index (χ1n) is 20.5. The highest BCUT2D eigenvalue weighted by atomic mass is 16.5. The lowest BCUT2D eigenvalue weighted by molar-refractivity contribution is -0.134. The SMILES string of the molecule is Cc1cc(-c2ncnn3cc(-c4cnn(CCN5CCC(c6ccc7c(C8CCC(=O)NC8=O)nn(C)c7c6)CC5)c4)cc23)ccc1CNC(=O)c1noc(C(C)(C)C)n1. The zero-order chi connectivity index (χ0) is 41.7. The Labute approximate surface area is 346 Å². The van der Waals surface area contributed by atoms with Crippen molar-refractivity contribution >= 4 is 34.1 Å². The van der Waals surface area contributed by atoms with Crippen LogP contribution in [0.5, 0.6) is 0 Å². The average Bonchev–Trinajstić information content (AvgIpc) is 4.06. The highest BCUT2D eigenvalue weighted by molar-refractivity contribution is 6.02. The fraction of sp³-hybridized carbons (Fsp3) is 0.386. The van der Waals surface area contributed by atoms with Crippen molar-refractivity contribution in [3.63, 3.8) is 0 Å². The number of carbonyl (C=O) groups is 3. The molecule has 2 fully saturated rings. The molecule has 2 saturated heterocycles. The second-order valence-electron chi connectivity index (χ2n) is 17.1. The monoisotopic (exact) mass is 808 g/mol. The van der Waals surface area contributed by atoms with Crippen molar-refractivity contribution in [3.05, 3.63) is 101 Å². The molecule has 2 aliphatic rings. The van der Waals surface area contributed by atoms with Gasteiger partial charge in [-0.3, -0.25) is 29.1 Å². The molecule has 7 aromatic rings. The van der Waals surface area contributed by atoms with Crippen LogP contribution in [0.3, 0.4) is 0 Å². The van der Waals surface area contributed by atoms with Gasteiger partial charge in [0.1, 0.15) is 6.33 Å². The van der Waals surface area contributed by atoms with Gasteiger partial charge in [0, 0.05) is 66.4 Å². The van der Waals surface area contributed by atoms with E-state index in [1.165, 1.54) is 5.56 Å². The van der Waals surface area contributed by atoms with E-state index < -0.39 is 5.92 Å². The van der Waals surface area contributed by atoms with Gasteiger partial charge in [0.05, 0.1) is 41.1 Å². The van der Waals surface area contributed by atoms with Crippen molar-refractivity contribution in [3.8, 4) is 22.4 Å². The molecule has 0 saturated carbocycles. The average molecular weight is 809 g/mol. The van der Waals surface area contributed by atoms with Gasteiger partial charge in [0.15, 0.2) is 0 Å². The highest BCUT2D eigenvalue weighted by Crippen LogP contribution is 2.35. The van der Waals surface area contributed by atoms with Crippen molar-refractivity contribution in [1.82, 2.24) is 59.8 Å². The lowest BCUT2D eigenvalue weighted by Crippen LogP contribution is -2.39. The van der Waals surface area contributed by atoms with Crippen molar-refractivity contribution in [2.24, 2.45) is 7.05 Å². The molecule has 0 spiro atoms. The lowest BCUT2D eigenvalue weighted by Gasteiger charge is -2.32. The van der Waals surface area contributed by atoms with Crippen molar-refractivity contribution in [2.45, 2.75) is 83.7 Å². The second-order valence-corrected chi connectivity index (χ2v) is 17.1. The van der Waals surface area contributed by atoms with E-state index in [-0.39, 0.29) is 29.0 Å². The zero-order valence-electron chi connectivity index (χ0n) is 34.5. The first-order valence-corrected chi connectivity index (χ1v) is 20.5. The summed E-state index contributed by atoms with van der Waals surface area (Å²) in [5, 5.41) is 24.1. The maximum atomic E-state index is 12.7. The molecule has 0 bridgehead atoms. The van der Waals surface area contributed by atoms with Crippen molar-refractivity contribution in [1.29, 1.82) is 0 Å². The summed E-state index contributed by atoms with van der Waals surface area (Å²) in [7, 11) is 1.92. The summed E-state index contributed by atoms with van der Waals surface area (Å²) >= 11 is 0. The minimum atomic E-state index is -0.403. The number of aryl methyl sites for hydroxylation is 2. The Bertz CT molecular complexity index is 2760. The predicted octanol–water partition coefficient (Wildman–Crippen LogP) is 5.47. The Balaban J connectivity index is 0.804. The molecule has 1 atom stereocenters. The zero-order valence-corrected chi connectivity index (χ0v) is 34.5. The number of rotatable bonds is 10. The molecule has 2 aliphatic heterocycles. The summed E-state index contributed by atoms with van der Waals surface area (Å²) in [5.41, 5.74) is 9.36. The summed E-state index contributed by atoms with van der Waals surface area (Å²) in [6, 6.07) is 14.7. The number of amides is 3.